The summed E-state index contributed by atoms with van der Waals surface area (Å²) in [7, 11) is 4.59. The number of cyclic esters (lactones) is 1. The molecule has 3 aliphatic heterocycles. The molecule has 14 atom stereocenters. The maximum Gasteiger partial charge on any atom is 0.329 e. The van der Waals surface area contributed by atoms with Crippen LogP contribution in [-0.4, -0.2) is 131 Å². The number of fused-ring (bicyclic) bond motifs is 3. The highest BCUT2D eigenvalue weighted by Gasteiger charge is 2.57. The number of hydrogen-bond donors (Lipinski definition) is 3. The molecule has 374 valence electrons. The predicted octanol–water partition coefficient (Wildman–Crippen LogP) is 6.81. The molecule has 1 saturated carbocycles. The zero-order chi connectivity index (χ0) is 49.4. The number of Topliss-reactive ketones (excluding diaryl/α,β-unsaturated/α-hetero) is 3. The van der Waals surface area contributed by atoms with Gasteiger partial charge in [-0.1, -0.05) is 69.2 Å². The first-order valence-electron chi connectivity index (χ1n) is 24.6. The lowest BCUT2D eigenvalue weighted by Crippen LogP contribution is -2.64. The molecule has 3 heterocycles. The number of carbonyl (C=O) groups excluding carboxylic acids is 5. The SMILES string of the molecule is CCC1C=C(C)CC(C)CC(OC)C2OC(O)(C(=O)C(=O)N3CCCCC3C(=O)OC(C(C)=CC3CCC(O)(CCC(=O)c4cccc(C)c4)C(OC)C3)C(C)C(O)CC1=O)C(C)CC2OC. The lowest BCUT2D eigenvalue weighted by molar-refractivity contribution is -0.302. The molecule has 2 saturated heterocycles. The van der Waals surface area contributed by atoms with Crippen LogP contribution >= 0.6 is 0 Å². The second-order valence-electron chi connectivity index (χ2n) is 20.4. The summed E-state index contributed by atoms with van der Waals surface area (Å²) in [6.45, 7) is 13.1. The van der Waals surface area contributed by atoms with Crippen LogP contribution in [0.25, 0.3) is 0 Å². The van der Waals surface area contributed by atoms with Gasteiger partial charge in [-0.2, -0.15) is 0 Å². The summed E-state index contributed by atoms with van der Waals surface area (Å²) in [5.41, 5.74) is 1.91. The number of aliphatic hydroxyl groups excluding tert-OH is 1. The fraction of sp³-hybridized carbons (Fsp3) is 0.717. The molecule has 1 aliphatic carbocycles. The van der Waals surface area contributed by atoms with Crippen molar-refractivity contribution in [3.63, 3.8) is 0 Å². The Labute approximate surface area is 398 Å². The number of piperidine rings is 1. The number of benzene rings is 1. The van der Waals surface area contributed by atoms with Crippen LogP contribution in [0.1, 0.15) is 141 Å². The van der Waals surface area contributed by atoms with Gasteiger partial charge in [-0.3, -0.25) is 19.2 Å². The molecule has 0 aromatic heterocycles. The molecule has 5 rings (SSSR count). The summed E-state index contributed by atoms with van der Waals surface area (Å²) in [5.74, 6) is -7.99. The smallest absolute Gasteiger partial charge is 0.329 e. The number of aryl methyl sites for hydroxylation is 1. The number of ether oxygens (including phenoxy) is 5. The Morgan fingerprint density at radius 2 is 1.64 bits per heavy atom. The minimum atomic E-state index is -2.53. The highest BCUT2D eigenvalue weighted by molar-refractivity contribution is 6.39. The molecule has 1 aromatic carbocycles. The van der Waals surface area contributed by atoms with E-state index in [0.29, 0.717) is 62.5 Å². The van der Waals surface area contributed by atoms with E-state index >= 15 is 0 Å². The Bertz CT molecular complexity index is 1960. The number of aliphatic hydroxyl groups is 3. The van der Waals surface area contributed by atoms with Crippen molar-refractivity contribution >= 4 is 29.2 Å². The van der Waals surface area contributed by atoms with Gasteiger partial charge >= 0.3 is 5.97 Å². The summed E-state index contributed by atoms with van der Waals surface area (Å²) in [4.78, 5) is 71.6. The van der Waals surface area contributed by atoms with Gasteiger partial charge in [0.15, 0.2) is 5.78 Å². The van der Waals surface area contributed by atoms with Crippen LogP contribution in [0.2, 0.25) is 0 Å². The lowest BCUT2D eigenvalue weighted by Gasteiger charge is -2.47. The number of amides is 1. The summed E-state index contributed by atoms with van der Waals surface area (Å²) in [5, 5.41) is 35.9. The lowest BCUT2D eigenvalue weighted by atomic mass is 9.73. The molecule has 2 bridgehead atoms. The first-order chi connectivity index (χ1) is 31.7. The molecule has 0 spiro atoms. The molecular formula is C53H79NO13. The zero-order valence-electron chi connectivity index (χ0n) is 41.7. The summed E-state index contributed by atoms with van der Waals surface area (Å²) >= 11 is 0. The number of rotatable bonds is 10. The van der Waals surface area contributed by atoms with Gasteiger partial charge in [-0.05, 0) is 115 Å². The standard InChI is InChI=1S/C53H79NO13/c1-11-38-25-32(3)23-33(4)26-44(63-8)48-45(64-9)28-35(6)53(62,67-48)49(58)50(59)54-22-13-12-17-40(54)51(60)66-47(36(7)42(56)30-43(38)57)34(5)27-37-18-20-52(61,46(29-37)65-10)21-19-41(55)39-16-14-15-31(2)24-39/h14-16,24-25,27,33,35-38,40,42,44-48,56,61-62H,11-13,17-23,26,28-30H2,1-10H3. The van der Waals surface area contributed by atoms with E-state index in [2.05, 4.69) is 0 Å². The second kappa shape index (κ2) is 23.8. The van der Waals surface area contributed by atoms with Crippen molar-refractivity contribution in [2.24, 2.45) is 29.6 Å². The van der Waals surface area contributed by atoms with Crippen LogP contribution in [0, 0.1) is 36.5 Å². The monoisotopic (exact) mass is 938 g/mol. The summed E-state index contributed by atoms with van der Waals surface area (Å²) in [6.07, 6.45) is 3.50. The normalized spacial score (nSPS) is 36.9. The van der Waals surface area contributed by atoms with Gasteiger partial charge in [0.1, 0.15) is 24.0 Å². The first kappa shape index (κ1) is 54.3. The third-order valence-corrected chi connectivity index (χ3v) is 15.3. The van der Waals surface area contributed by atoms with Gasteiger partial charge in [-0.25, -0.2) is 4.79 Å². The first-order valence-corrected chi connectivity index (χ1v) is 24.6. The molecule has 67 heavy (non-hydrogen) atoms. The van der Waals surface area contributed by atoms with Crippen molar-refractivity contribution in [3.8, 4) is 0 Å². The number of carbonyl (C=O) groups is 5. The molecule has 3 N–H and O–H groups in total. The zero-order valence-corrected chi connectivity index (χ0v) is 41.7. The predicted molar refractivity (Wildman–Crippen MR) is 252 cm³/mol. The molecule has 4 aliphatic rings. The molecule has 14 unspecified atom stereocenters. The second-order valence-corrected chi connectivity index (χ2v) is 20.4. The Morgan fingerprint density at radius 3 is 2.30 bits per heavy atom. The van der Waals surface area contributed by atoms with E-state index in [4.69, 9.17) is 23.7 Å². The van der Waals surface area contributed by atoms with Crippen molar-refractivity contribution in [2.75, 3.05) is 27.9 Å². The van der Waals surface area contributed by atoms with Crippen LogP contribution in [0.15, 0.2) is 47.6 Å². The molecule has 14 nitrogen and oxygen atoms in total. The molecular weight excluding hydrogens is 859 g/mol. The number of hydrogen-bond acceptors (Lipinski definition) is 13. The van der Waals surface area contributed by atoms with Crippen LogP contribution in [0.4, 0.5) is 0 Å². The molecule has 1 aromatic rings. The number of methoxy groups -OCH3 is 3. The maximum absolute atomic E-state index is 14.5. The van der Waals surface area contributed by atoms with Gasteiger partial charge < -0.3 is 43.9 Å². The van der Waals surface area contributed by atoms with Crippen molar-refractivity contribution in [1.82, 2.24) is 4.90 Å². The topological polar surface area (TPSA) is 195 Å². The third kappa shape index (κ3) is 13.0. The van der Waals surface area contributed by atoms with Crippen LogP contribution in [0.5, 0.6) is 0 Å². The van der Waals surface area contributed by atoms with E-state index < -0.39 is 89.5 Å². The molecule has 0 radical (unpaired) electrons. The average Bonchev–Trinajstić information content (AvgIpc) is 3.31. The van der Waals surface area contributed by atoms with Crippen molar-refractivity contribution in [3.05, 3.63) is 58.7 Å². The minimum Gasteiger partial charge on any atom is -0.456 e. The Balaban J connectivity index is 1.47. The number of ketones is 3. The van der Waals surface area contributed by atoms with Gasteiger partial charge in [0, 0.05) is 64.0 Å². The van der Waals surface area contributed by atoms with E-state index in [1.807, 2.05) is 58.0 Å². The van der Waals surface area contributed by atoms with Gasteiger partial charge in [0.25, 0.3) is 11.7 Å². The van der Waals surface area contributed by atoms with Crippen molar-refractivity contribution in [2.45, 2.75) is 186 Å². The molecule has 1 amide bonds. The Kier molecular flexibility index (Phi) is 19.3. The average molecular weight is 938 g/mol. The van der Waals surface area contributed by atoms with Crippen molar-refractivity contribution in [1.29, 1.82) is 0 Å². The fourth-order valence-corrected chi connectivity index (χ4v) is 11.1. The number of esters is 1. The Morgan fingerprint density at radius 1 is 0.940 bits per heavy atom. The summed E-state index contributed by atoms with van der Waals surface area (Å²) < 4.78 is 30.3. The van der Waals surface area contributed by atoms with Gasteiger partial charge in [0.2, 0.25) is 5.79 Å². The number of nitrogens with zero attached hydrogens (tertiary/aromatic N) is 1. The largest absolute Gasteiger partial charge is 0.456 e. The van der Waals surface area contributed by atoms with E-state index in [-0.39, 0.29) is 62.1 Å². The van der Waals surface area contributed by atoms with Gasteiger partial charge in [0.05, 0.1) is 30.0 Å². The van der Waals surface area contributed by atoms with E-state index in [0.717, 1.165) is 11.1 Å². The number of allylic oxidation sites excluding steroid dienone is 3. The maximum atomic E-state index is 14.5. The quantitative estimate of drug-likeness (QED) is 0.0959. The molecule has 3 fully saturated rings. The van der Waals surface area contributed by atoms with Gasteiger partial charge in [-0.15, -0.1) is 0 Å². The van der Waals surface area contributed by atoms with E-state index in [1.165, 1.54) is 26.2 Å². The third-order valence-electron chi connectivity index (χ3n) is 15.3. The Hall–Kier alpha value is -3.63. The summed E-state index contributed by atoms with van der Waals surface area (Å²) in [6, 6.07) is 6.21. The molecule has 14 heteroatoms. The highest BCUT2D eigenvalue weighted by atomic mass is 16.7. The minimum absolute atomic E-state index is 0.0116. The van der Waals surface area contributed by atoms with E-state index in [9.17, 15) is 39.3 Å². The van der Waals surface area contributed by atoms with Crippen LogP contribution in [0.3, 0.4) is 0 Å². The van der Waals surface area contributed by atoms with Crippen LogP contribution < -0.4 is 0 Å². The highest BCUT2D eigenvalue weighted by Crippen LogP contribution is 2.41. The van der Waals surface area contributed by atoms with Crippen molar-refractivity contribution < 1.29 is 63.0 Å². The van der Waals surface area contributed by atoms with E-state index in [1.54, 1.807) is 26.8 Å². The fourth-order valence-electron chi connectivity index (χ4n) is 11.1. The van der Waals surface area contributed by atoms with Crippen LogP contribution in [-0.2, 0) is 42.9 Å².